The van der Waals surface area contributed by atoms with Crippen molar-refractivity contribution in [3.05, 3.63) is 88.5 Å². The van der Waals surface area contributed by atoms with E-state index in [1.165, 1.54) is 40.4 Å². The van der Waals surface area contributed by atoms with Gasteiger partial charge in [-0.2, -0.15) is 0 Å². The average Bonchev–Trinajstić information content (AvgIpc) is 3.19. The lowest BCUT2D eigenvalue weighted by molar-refractivity contribution is 0.268. The normalized spacial score (nSPS) is 20.9. The van der Waals surface area contributed by atoms with Crippen molar-refractivity contribution < 1.29 is 0 Å². The van der Waals surface area contributed by atoms with Crippen LogP contribution in [0.25, 0.3) is 16.5 Å². The maximum absolute atomic E-state index is 6.37. The largest absolute Gasteiger partial charge is 0.292 e. The van der Waals surface area contributed by atoms with Gasteiger partial charge in [0.1, 0.15) is 5.82 Å². The van der Waals surface area contributed by atoms with Gasteiger partial charge in [0.25, 0.3) is 0 Å². The molecule has 168 valence electrons. The zero-order valence-corrected chi connectivity index (χ0v) is 19.8. The summed E-state index contributed by atoms with van der Waals surface area (Å²) < 4.78 is 2.34. The molecule has 0 bridgehead atoms. The number of rotatable bonds is 3. The monoisotopic (exact) mass is 456 g/mol. The van der Waals surface area contributed by atoms with Crippen LogP contribution >= 0.6 is 11.6 Å². The van der Waals surface area contributed by atoms with Crippen molar-refractivity contribution in [2.45, 2.75) is 57.5 Å². The Morgan fingerprint density at radius 1 is 0.879 bits per heavy atom. The van der Waals surface area contributed by atoms with Crippen molar-refractivity contribution in [2.75, 3.05) is 6.54 Å². The van der Waals surface area contributed by atoms with Crippen LogP contribution in [0.5, 0.6) is 0 Å². The zero-order chi connectivity index (χ0) is 22.4. The summed E-state index contributed by atoms with van der Waals surface area (Å²) in [5, 5.41) is 13.0. The molecule has 1 fully saturated rings. The van der Waals surface area contributed by atoms with Crippen LogP contribution in [0.3, 0.4) is 0 Å². The Morgan fingerprint density at radius 2 is 1.67 bits per heavy atom. The van der Waals surface area contributed by atoms with Gasteiger partial charge < -0.3 is 0 Å². The maximum atomic E-state index is 6.37. The highest BCUT2D eigenvalue weighted by Gasteiger charge is 2.31. The van der Waals surface area contributed by atoms with E-state index in [1.54, 1.807) is 0 Å². The molecular weight excluding hydrogens is 428 g/mol. The van der Waals surface area contributed by atoms with E-state index >= 15 is 0 Å². The third-order valence-electron chi connectivity index (χ3n) is 7.60. The number of hydrogen-bond donors (Lipinski definition) is 0. The van der Waals surface area contributed by atoms with Crippen LogP contribution in [0.15, 0.2) is 60.7 Å². The fourth-order valence-corrected chi connectivity index (χ4v) is 6.04. The van der Waals surface area contributed by atoms with Crippen molar-refractivity contribution >= 4 is 22.4 Å². The molecule has 0 saturated heterocycles. The van der Waals surface area contributed by atoms with Gasteiger partial charge in [0.2, 0.25) is 0 Å². The highest BCUT2D eigenvalue weighted by molar-refractivity contribution is 6.30. The van der Waals surface area contributed by atoms with E-state index < -0.39 is 0 Å². The molecule has 0 spiro atoms. The second-order valence-corrected chi connectivity index (χ2v) is 9.94. The molecule has 1 aliphatic heterocycles. The van der Waals surface area contributed by atoms with E-state index in [0.717, 1.165) is 49.1 Å². The molecule has 0 N–H and O–H groups in total. The Balaban J connectivity index is 1.31. The van der Waals surface area contributed by atoms with E-state index in [9.17, 15) is 0 Å². The highest BCUT2D eigenvalue weighted by atomic mass is 35.5. The first kappa shape index (κ1) is 20.9. The van der Waals surface area contributed by atoms with Gasteiger partial charge in [-0.15, -0.1) is 10.2 Å². The molecular formula is C28H29ClN4. The fourth-order valence-electron chi connectivity index (χ4n) is 5.85. The molecule has 0 radical (unpaired) electrons. The van der Waals surface area contributed by atoms with Crippen molar-refractivity contribution in [1.29, 1.82) is 0 Å². The van der Waals surface area contributed by atoms with Gasteiger partial charge >= 0.3 is 0 Å². The van der Waals surface area contributed by atoms with Crippen molar-refractivity contribution in [3.8, 4) is 5.69 Å². The van der Waals surface area contributed by atoms with Crippen molar-refractivity contribution in [1.82, 2.24) is 19.7 Å². The molecule has 0 unspecified atom stereocenters. The van der Waals surface area contributed by atoms with Gasteiger partial charge in [0.15, 0.2) is 5.82 Å². The minimum atomic E-state index is 0.439. The summed E-state index contributed by atoms with van der Waals surface area (Å²) in [4.78, 5) is 2.41. The lowest BCUT2D eigenvalue weighted by Crippen LogP contribution is -2.21. The number of aromatic nitrogens is 3. The maximum Gasteiger partial charge on any atom is 0.151 e. The summed E-state index contributed by atoms with van der Waals surface area (Å²) >= 11 is 6.37. The molecule has 0 amide bonds. The van der Waals surface area contributed by atoms with Crippen LogP contribution in [0.4, 0.5) is 0 Å². The molecule has 33 heavy (non-hydrogen) atoms. The predicted octanol–water partition coefficient (Wildman–Crippen LogP) is 6.85. The standard InChI is InChI=1S/C28H29ClN4/c1-2-32-17-22-16-23(29)14-15-26(22)33-27(18-32)30-31-28(33)21-12-10-20(11-13-21)25-9-5-7-19-6-3-4-8-24(19)25/h3-9,14-16,20-21H,2,10-13,17-18H2,1H3/t20-,21-. The van der Waals surface area contributed by atoms with Gasteiger partial charge in [0, 0.05) is 17.5 Å². The van der Waals surface area contributed by atoms with Gasteiger partial charge in [-0.05, 0) is 78.2 Å². The number of benzene rings is 3. The van der Waals surface area contributed by atoms with Crippen LogP contribution in [-0.4, -0.2) is 26.2 Å². The molecule has 3 aromatic carbocycles. The number of halogens is 1. The summed E-state index contributed by atoms with van der Waals surface area (Å²) in [7, 11) is 0. The van der Waals surface area contributed by atoms with E-state index in [0.29, 0.717) is 11.8 Å². The molecule has 1 aromatic heterocycles. The van der Waals surface area contributed by atoms with Gasteiger partial charge in [-0.3, -0.25) is 9.47 Å². The lowest BCUT2D eigenvalue weighted by atomic mass is 9.77. The van der Waals surface area contributed by atoms with E-state index in [2.05, 4.69) is 76.1 Å². The smallest absolute Gasteiger partial charge is 0.151 e. The molecule has 4 nitrogen and oxygen atoms in total. The minimum Gasteiger partial charge on any atom is -0.292 e. The van der Waals surface area contributed by atoms with Gasteiger partial charge in [0.05, 0.1) is 12.2 Å². The third kappa shape index (κ3) is 3.75. The van der Waals surface area contributed by atoms with E-state index in [4.69, 9.17) is 16.7 Å². The Labute approximate surface area is 200 Å². The summed E-state index contributed by atoms with van der Waals surface area (Å²) in [5.74, 6) is 3.22. The Bertz CT molecular complexity index is 1300. The summed E-state index contributed by atoms with van der Waals surface area (Å²) in [6, 6.07) is 21.8. The predicted molar refractivity (Wildman–Crippen MR) is 134 cm³/mol. The molecule has 1 aliphatic carbocycles. The molecule has 2 heterocycles. The third-order valence-corrected chi connectivity index (χ3v) is 7.83. The number of nitrogens with zero attached hydrogens (tertiary/aromatic N) is 4. The van der Waals surface area contributed by atoms with E-state index in [1.807, 2.05) is 6.07 Å². The first-order valence-corrected chi connectivity index (χ1v) is 12.5. The SMILES string of the molecule is CCN1Cc2cc(Cl)ccc2-n2c(nnc2[C@H]2CC[C@H](c3cccc4ccccc43)CC2)C1. The van der Waals surface area contributed by atoms with Crippen LogP contribution in [0.2, 0.25) is 5.02 Å². The highest BCUT2D eigenvalue weighted by Crippen LogP contribution is 2.43. The number of fused-ring (bicyclic) bond motifs is 4. The zero-order valence-electron chi connectivity index (χ0n) is 19.0. The summed E-state index contributed by atoms with van der Waals surface area (Å²) in [5.41, 5.74) is 3.96. The second kappa shape index (κ2) is 8.58. The van der Waals surface area contributed by atoms with Crippen molar-refractivity contribution in [2.24, 2.45) is 0 Å². The Kier molecular flexibility index (Phi) is 5.43. The van der Waals surface area contributed by atoms with Crippen LogP contribution in [0.1, 0.15) is 67.2 Å². The molecule has 6 rings (SSSR count). The lowest BCUT2D eigenvalue weighted by Gasteiger charge is -2.29. The molecule has 1 saturated carbocycles. The average molecular weight is 457 g/mol. The summed E-state index contributed by atoms with van der Waals surface area (Å²) in [6.07, 6.45) is 4.67. The molecule has 0 atom stereocenters. The topological polar surface area (TPSA) is 34.0 Å². The molecule has 5 heteroatoms. The van der Waals surface area contributed by atoms with Gasteiger partial charge in [-0.1, -0.05) is 61.0 Å². The van der Waals surface area contributed by atoms with Crippen LogP contribution in [-0.2, 0) is 13.1 Å². The first-order chi connectivity index (χ1) is 16.2. The quantitative estimate of drug-likeness (QED) is 0.338. The Hall–Kier alpha value is -2.69. The second-order valence-electron chi connectivity index (χ2n) is 9.50. The Morgan fingerprint density at radius 3 is 2.52 bits per heavy atom. The summed E-state index contributed by atoms with van der Waals surface area (Å²) in [6.45, 7) is 4.89. The molecule has 2 aliphatic rings. The fraction of sp³-hybridized carbons (Fsp3) is 0.357. The van der Waals surface area contributed by atoms with Gasteiger partial charge in [-0.25, -0.2) is 0 Å². The van der Waals surface area contributed by atoms with Crippen molar-refractivity contribution in [3.63, 3.8) is 0 Å². The minimum absolute atomic E-state index is 0.439. The van der Waals surface area contributed by atoms with Crippen LogP contribution in [0, 0.1) is 0 Å². The van der Waals surface area contributed by atoms with Crippen LogP contribution < -0.4 is 0 Å². The van der Waals surface area contributed by atoms with E-state index in [-0.39, 0.29) is 0 Å². The first-order valence-electron chi connectivity index (χ1n) is 12.1. The molecule has 4 aromatic rings. The number of hydrogen-bond acceptors (Lipinski definition) is 3.